The van der Waals surface area contributed by atoms with Crippen LogP contribution in [-0.4, -0.2) is 42.2 Å². The minimum absolute atomic E-state index is 0.721. The van der Waals surface area contributed by atoms with Crippen LogP contribution in [0.5, 0.6) is 0 Å². The van der Waals surface area contributed by atoms with Gasteiger partial charge in [-0.2, -0.15) is 0 Å². The van der Waals surface area contributed by atoms with E-state index in [1.807, 2.05) is 0 Å². The van der Waals surface area contributed by atoms with Crippen molar-refractivity contribution in [1.29, 1.82) is 0 Å². The molecule has 0 aromatic heterocycles. The fraction of sp³-hybridized carbons (Fsp3) is 1.00. The number of nitrogens with zero attached hydrogens (tertiary/aromatic N) is 1. The summed E-state index contributed by atoms with van der Waals surface area (Å²) in [5.41, 5.74) is 0. The van der Waals surface area contributed by atoms with E-state index < -0.39 is 0 Å². The van der Waals surface area contributed by atoms with E-state index in [9.17, 15) is 0 Å². The Hall–Kier alpha value is 0.270. The predicted molar refractivity (Wildman–Crippen MR) is 52.0 cm³/mol. The fourth-order valence-corrected chi connectivity index (χ4v) is 2.70. The zero-order chi connectivity index (χ0) is 8.10. The summed E-state index contributed by atoms with van der Waals surface area (Å²) in [4.78, 5) is 2.51. The zero-order valence-electron chi connectivity index (χ0n) is 7.47. The van der Waals surface area contributed by atoms with E-state index in [1.165, 1.54) is 25.4 Å². The highest BCUT2D eigenvalue weighted by atomic mass is 32.2. The SMILES string of the molecule is CCN(CC)C1CNCCS1. The average Bonchev–Trinajstić information content (AvgIpc) is 2.09. The Morgan fingerprint density at radius 1 is 1.45 bits per heavy atom. The number of thioether (sulfide) groups is 1. The zero-order valence-corrected chi connectivity index (χ0v) is 8.28. The molecule has 0 aromatic carbocycles. The molecule has 0 saturated carbocycles. The molecule has 2 nitrogen and oxygen atoms in total. The molecule has 3 heteroatoms. The average molecular weight is 174 g/mol. The summed E-state index contributed by atoms with van der Waals surface area (Å²) in [5.74, 6) is 1.27. The van der Waals surface area contributed by atoms with Crippen LogP contribution in [0.15, 0.2) is 0 Å². The second-order valence-electron chi connectivity index (χ2n) is 2.75. The van der Waals surface area contributed by atoms with Crippen LogP contribution in [-0.2, 0) is 0 Å². The monoisotopic (exact) mass is 174 g/mol. The Balaban J connectivity index is 2.30. The summed E-state index contributed by atoms with van der Waals surface area (Å²) < 4.78 is 0. The highest BCUT2D eigenvalue weighted by Crippen LogP contribution is 2.16. The van der Waals surface area contributed by atoms with Gasteiger partial charge in [0.25, 0.3) is 0 Å². The second-order valence-corrected chi connectivity index (χ2v) is 4.04. The van der Waals surface area contributed by atoms with E-state index in [0.717, 1.165) is 11.9 Å². The molecular formula is C8H18N2S. The maximum Gasteiger partial charge on any atom is 0.0683 e. The van der Waals surface area contributed by atoms with E-state index in [4.69, 9.17) is 0 Å². The Labute approximate surface area is 73.7 Å². The number of likely N-dealkylation sites (N-methyl/N-ethyl adjacent to an activating group) is 1. The number of hydrogen-bond acceptors (Lipinski definition) is 3. The summed E-state index contributed by atoms with van der Waals surface area (Å²) in [7, 11) is 0. The molecule has 1 aliphatic rings. The van der Waals surface area contributed by atoms with Gasteiger partial charge in [0.05, 0.1) is 5.37 Å². The van der Waals surface area contributed by atoms with Crippen molar-refractivity contribution < 1.29 is 0 Å². The maximum atomic E-state index is 3.42. The van der Waals surface area contributed by atoms with Crippen molar-refractivity contribution in [3.63, 3.8) is 0 Å². The van der Waals surface area contributed by atoms with Crippen LogP contribution < -0.4 is 5.32 Å². The highest BCUT2D eigenvalue weighted by molar-refractivity contribution is 7.99. The van der Waals surface area contributed by atoms with Gasteiger partial charge in [0, 0.05) is 18.8 Å². The normalized spacial score (nSPS) is 25.9. The number of hydrogen-bond donors (Lipinski definition) is 1. The van der Waals surface area contributed by atoms with E-state index in [2.05, 4.69) is 35.8 Å². The molecular weight excluding hydrogens is 156 g/mol. The first-order valence-electron chi connectivity index (χ1n) is 4.44. The second kappa shape index (κ2) is 5.01. The largest absolute Gasteiger partial charge is 0.313 e. The first kappa shape index (κ1) is 9.36. The summed E-state index contributed by atoms with van der Waals surface area (Å²) in [5, 5.41) is 4.14. The Kier molecular flexibility index (Phi) is 4.26. The molecule has 0 aliphatic carbocycles. The summed E-state index contributed by atoms with van der Waals surface area (Å²) in [6, 6.07) is 0. The van der Waals surface area contributed by atoms with Gasteiger partial charge in [-0.05, 0) is 13.1 Å². The minimum atomic E-state index is 0.721. The van der Waals surface area contributed by atoms with Gasteiger partial charge in [0.15, 0.2) is 0 Å². The molecule has 1 heterocycles. The third-order valence-electron chi connectivity index (χ3n) is 2.13. The van der Waals surface area contributed by atoms with Crippen LogP contribution in [0.3, 0.4) is 0 Å². The summed E-state index contributed by atoms with van der Waals surface area (Å²) in [6.07, 6.45) is 0. The Morgan fingerprint density at radius 3 is 2.64 bits per heavy atom. The van der Waals surface area contributed by atoms with Crippen molar-refractivity contribution in [2.45, 2.75) is 19.2 Å². The van der Waals surface area contributed by atoms with Crippen LogP contribution >= 0.6 is 11.8 Å². The predicted octanol–water partition coefficient (Wildman–Crippen LogP) is 0.991. The Morgan fingerprint density at radius 2 is 2.18 bits per heavy atom. The van der Waals surface area contributed by atoms with Crippen molar-refractivity contribution in [3.05, 3.63) is 0 Å². The molecule has 1 aliphatic heterocycles. The van der Waals surface area contributed by atoms with Crippen LogP contribution in [0.2, 0.25) is 0 Å². The first-order valence-corrected chi connectivity index (χ1v) is 5.49. The third kappa shape index (κ3) is 2.65. The Bertz CT molecular complexity index is 98.3. The molecule has 0 spiro atoms. The molecule has 1 N–H and O–H groups in total. The summed E-state index contributed by atoms with van der Waals surface area (Å²) >= 11 is 2.08. The van der Waals surface area contributed by atoms with E-state index in [-0.39, 0.29) is 0 Å². The fourth-order valence-electron chi connectivity index (χ4n) is 1.42. The maximum absolute atomic E-state index is 3.42. The van der Waals surface area contributed by atoms with Gasteiger partial charge >= 0.3 is 0 Å². The number of nitrogens with one attached hydrogen (secondary N) is 1. The van der Waals surface area contributed by atoms with Crippen LogP contribution in [0.1, 0.15) is 13.8 Å². The van der Waals surface area contributed by atoms with Crippen molar-refractivity contribution in [2.24, 2.45) is 0 Å². The smallest absolute Gasteiger partial charge is 0.0683 e. The molecule has 0 aromatic rings. The third-order valence-corrected chi connectivity index (χ3v) is 3.42. The van der Waals surface area contributed by atoms with Gasteiger partial charge in [-0.1, -0.05) is 13.8 Å². The standard InChI is InChI=1S/C8H18N2S/c1-3-10(4-2)8-7-9-5-6-11-8/h8-9H,3-7H2,1-2H3. The van der Waals surface area contributed by atoms with Gasteiger partial charge in [-0.3, -0.25) is 4.90 Å². The van der Waals surface area contributed by atoms with E-state index in [0.29, 0.717) is 0 Å². The topological polar surface area (TPSA) is 15.3 Å². The van der Waals surface area contributed by atoms with Gasteiger partial charge in [-0.25, -0.2) is 0 Å². The lowest BCUT2D eigenvalue weighted by Crippen LogP contribution is -2.44. The minimum Gasteiger partial charge on any atom is -0.313 e. The van der Waals surface area contributed by atoms with Gasteiger partial charge in [0.1, 0.15) is 0 Å². The highest BCUT2D eigenvalue weighted by Gasteiger charge is 2.17. The van der Waals surface area contributed by atoms with Crippen LogP contribution in [0.4, 0.5) is 0 Å². The van der Waals surface area contributed by atoms with E-state index >= 15 is 0 Å². The van der Waals surface area contributed by atoms with Crippen LogP contribution in [0.25, 0.3) is 0 Å². The molecule has 0 radical (unpaired) electrons. The first-order chi connectivity index (χ1) is 5.38. The van der Waals surface area contributed by atoms with Gasteiger partial charge in [-0.15, -0.1) is 11.8 Å². The van der Waals surface area contributed by atoms with Gasteiger partial charge in [0.2, 0.25) is 0 Å². The van der Waals surface area contributed by atoms with Crippen LogP contribution in [0, 0.1) is 0 Å². The van der Waals surface area contributed by atoms with Crippen molar-refractivity contribution in [1.82, 2.24) is 10.2 Å². The summed E-state index contributed by atoms with van der Waals surface area (Å²) in [6.45, 7) is 9.16. The van der Waals surface area contributed by atoms with Crippen molar-refractivity contribution in [3.8, 4) is 0 Å². The molecule has 1 rings (SSSR count). The lowest BCUT2D eigenvalue weighted by molar-refractivity contribution is 0.275. The molecule has 0 amide bonds. The van der Waals surface area contributed by atoms with Crippen molar-refractivity contribution >= 4 is 11.8 Å². The molecule has 1 fully saturated rings. The molecule has 0 bridgehead atoms. The lowest BCUT2D eigenvalue weighted by Gasteiger charge is -2.32. The molecule has 11 heavy (non-hydrogen) atoms. The molecule has 66 valence electrons. The van der Waals surface area contributed by atoms with E-state index in [1.54, 1.807) is 0 Å². The van der Waals surface area contributed by atoms with Gasteiger partial charge < -0.3 is 5.32 Å². The lowest BCUT2D eigenvalue weighted by atomic mass is 10.4. The molecule has 1 saturated heterocycles. The number of rotatable bonds is 3. The quantitative estimate of drug-likeness (QED) is 0.687. The van der Waals surface area contributed by atoms with Crippen molar-refractivity contribution in [2.75, 3.05) is 31.9 Å². The molecule has 1 atom stereocenters. The molecule has 1 unspecified atom stereocenters.